The third kappa shape index (κ3) is 6.41. The first-order valence-electron chi connectivity index (χ1n) is 17.3. The van der Waals surface area contributed by atoms with Crippen LogP contribution < -0.4 is 0 Å². The van der Waals surface area contributed by atoms with Gasteiger partial charge in [0.05, 0.1) is 0 Å². The SMILES string of the molecule is C.C1CC2CCC(C3C4CCCCC4C(C4CCCC4)C4CCCCC43)CC2C1.CCCCCCC. The first-order chi connectivity index (χ1) is 17.3. The predicted octanol–water partition coefficient (Wildman–Crippen LogP) is 11.9. The van der Waals surface area contributed by atoms with E-state index in [1.165, 1.54) is 32.1 Å². The number of unbranched alkanes of at least 4 members (excludes halogenated alkanes) is 4. The van der Waals surface area contributed by atoms with Gasteiger partial charge in [-0.1, -0.05) is 124 Å². The van der Waals surface area contributed by atoms with Gasteiger partial charge in [-0.2, -0.15) is 0 Å². The summed E-state index contributed by atoms with van der Waals surface area (Å²) < 4.78 is 0. The van der Waals surface area contributed by atoms with Crippen LogP contribution in [-0.4, -0.2) is 0 Å². The van der Waals surface area contributed by atoms with Crippen molar-refractivity contribution in [3.8, 4) is 0 Å². The van der Waals surface area contributed by atoms with Crippen molar-refractivity contribution in [2.24, 2.45) is 59.2 Å². The predicted molar refractivity (Wildman–Crippen MR) is 159 cm³/mol. The highest BCUT2D eigenvalue weighted by molar-refractivity contribution is 5.04. The highest BCUT2D eigenvalue weighted by Crippen LogP contribution is 2.63. The second kappa shape index (κ2) is 14.4. The number of hydrogen-bond donors (Lipinski definition) is 0. The van der Waals surface area contributed by atoms with Crippen LogP contribution in [0.5, 0.6) is 0 Å². The summed E-state index contributed by atoms with van der Waals surface area (Å²) in [6.07, 6.45) is 35.8. The smallest absolute Gasteiger partial charge is 0.0323 e. The molecule has 6 saturated carbocycles. The topological polar surface area (TPSA) is 0 Å². The van der Waals surface area contributed by atoms with E-state index in [1.807, 2.05) is 0 Å². The van der Waals surface area contributed by atoms with Crippen molar-refractivity contribution in [3.63, 3.8) is 0 Å². The van der Waals surface area contributed by atoms with Crippen LogP contribution in [-0.2, 0) is 0 Å². The van der Waals surface area contributed by atoms with Crippen LogP contribution in [0.2, 0.25) is 0 Å². The molecule has 36 heavy (non-hydrogen) atoms. The molecule has 7 unspecified atom stereocenters. The Balaban J connectivity index is 0.000000338. The first kappa shape index (κ1) is 29.0. The zero-order valence-corrected chi connectivity index (χ0v) is 24.0. The molecule has 0 aromatic heterocycles. The Hall–Kier alpha value is 0. The van der Waals surface area contributed by atoms with E-state index in [2.05, 4.69) is 13.8 Å². The Morgan fingerprint density at radius 2 is 0.806 bits per heavy atom. The fraction of sp³-hybridized carbons (Fsp3) is 1.00. The van der Waals surface area contributed by atoms with Crippen molar-refractivity contribution >= 4 is 0 Å². The number of hydrogen-bond acceptors (Lipinski definition) is 0. The van der Waals surface area contributed by atoms with Crippen LogP contribution in [0.4, 0.5) is 0 Å². The maximum atomic E-state index is 2.25. The summed E-state index contributed by atoms with van der Waals surface area (Å²) in [4.78, 5) is 0. The van der Waals surface area contributed by atoms with Crippen LogP contribution >= 0.6 is 0 Å². The summed E-state index contributed by atoms with van der Waals surface area (Å²) in [6, 6.07) is 0. The van der Waals surface area contributed by atoms with E-state index in [0.717, 1.165) is 59.2 Å². The Labute approximate surface area is 227 Å². The van der Waals surface area contributed by atoms with E-state index in [4.69, 9.17) is 0 Å². The van der Waals surface area contributed by atoms with Crippen molar-refractivity contribution in [1.29, 1.82) is 0 Å². The van der Waals surface area contributed by atoms with Crippen molar-refractivity contribution < 1.29 is 0 Å². The summed E-state index contributed by atoms with van der Waals surface area (Å²) in [7, 11) is 0. The van der Waals surface area contributed by atoms with Gasteiger partial charge in [0.15, 0.2) is 0 Å². The molecule has 6 aliphatic carbocycles. The minimum atomic E-state index is 0. The number of rotatable bonds is 6. The molecular formula is C36H66. The summed E-state index contributed by atoms with van der Waals surface area (Å²) in [5.41, 5.74) is 0. The molecule has 0 spiro atoms. The lowest BCUT2D eigenvalue weighted by Crippen LogP contribution is -2.53. The molecule has 6 aliphatic rings. The fourth-order valence-electron chi connectivity index (χ4n) is 11.4. The highest BCUT2D eigenvalue weighted by Gasteiger charge is 2.55. The summed E-state index contributed by atoms with van der Waals surface area (Å²) in [5, 5.41) is 0. The monoisotopic (exact) mass is 499 g/mol. The standard InChI is InChI=1S/C28H46.C7H16.CH4/c1-2-9-20(8-1)27-23-12-3-5-14-25(23)28(26-15-6-4-13-24(26)27)22-17-16-19-10-7-11-21(19)18-22;1-3-5-7-6-4-2;/h19-28H,1-18H2;3-7H2,1-2H3;1H4. The van der Waals surface area contributed by atoms with Crippen molar-refractivity contribution in [1.82, 2.24) is 0 Å². The maximum Gasteiger partial charge on any atom is -0.0323 e. The van der Waals surface area contributed by atoms with Gasteiger partial charge in [-0.15, -0.1) is 0 Å². The largest absolute Gasteiger partial charge is 0.0776 e. The quantitative estimate of drug-likeness (QED) is 0.319. The average Bonchev–Trinajstić information content (AvgIpc) is 3.60. The molecule has 0 radical (unpaired) electrons. The molecule has 0 nitrogen and oxygen atoms in total. The lowest BCUT2D eigenvalue weighted by atomic mass is 9.45. The zero-order chi connectivity index (χ0) is 24.0. The lowest BCUT2D eigenvalue weighted by molar-refractivity contribution is -0.111. The molecule has 0 saturated heterocycles. The molecule has 6 fully saturated rings. The molecule has 0 heteroatoms. The summed E-state index contributed by atoms with van der Waals surface area (Å²) in [6.45, 7) is 4.49. The number of fused-ring (bicyclic) bond motifs is 3. The van der Waals surface area contributed by atoms with Gasteiger partial charge in [0, 0.05) is 0 Å². The molecule has 0 heterocycles. The average molecular weight is 499 g/mol. The van der Waals surface area contributed by atoms with E-state index in [0.29, 0.717) is 0 Å². The molecule has 0 aromatic carbocycles. The highest BCUT2D eigenvalue weighted by atomic mass is 14.6. The van der Waals surface area contributed by atoms with Crippen LogP contribution in [0.1, 0.15) is 169 Å². The van der Waals surface area contributed by atoms with Gasteiger partial charge in [-0.25, -0.2) is 0 Å². The fourth-order valence-corrected chi connectivity index (χ4v) is 11.4. The third-order valence-corrected chi connectivity index (χ3v) is 12.8. The van der Waals surface area contributed by atoms with Gasteiger partial charge in [0.2, 0.25) is 0 Å². The van der Waals surface area contributed by atoms with E-state index >= 15 is 0 Å². The first-order valence-corrected chi connectivity index (χ1v) is 17.3. The Morgan fingerprint density at radius 3 is 1.33 bits per heavy atom. The van der Waals surface area contributed by atoms with Gasteiger partial charge in [-0.3, -0.25) is 0 Å². The van der Waals surface area contributed by atoms with Crippen molar-refractivity contribution in [2.75, 3.05) is 0 Å². The third-order valence-electron chi connectivity index (χ3n) is 12.8. The van der Waals surface area contributed by atoms with Crippen LogP contribution in [0, 0.1) is 59.2 Å². The molecule has 6 rings (SSSR count). The van der Waals surface area contributed by atoms with Crippen molar-refractivity contribution in [2.45, 2.75) is 169 Å². The minimum absolute atomic E-state index is 0. The summed E-state index contributed by atoms with van der Waals surface area (Å²) >= 11 is 0. The molecule has 0 aliphatic heterocycles. The Kier molecular flexibility index (Phi) is 11.6. The van der Waals surface area contributed by atoms with Gasteiger partial charge in [0.1, 0.15) is 0 Å². The van der Waals surface area contributed by atoms with Gasteiger partial charge < -0.3 is 0 Å². The van der Waals surface area contributed by atoms with E-state index < -0.39 is 0 Å². The molecule has 0 N–H and O–H groups in total. The Bertz CT molecular complexity index is 573. The molecule has 0 aromatic rings. The van der Waals surface area contributed by atoms with Crippen LogP contribution in [0.15, 0.2) is 0 Å². The van der Waals surface area contributed by atoms with Crippen LogP contribution in [0.25, 0.3) is 0 Å². The Morgan fingerprint density at radius 1 is 0.389 bits per heavy atom. The lowest BCUT2D eigenvalue weighted by Gasteiger charge is -2.60. The molecule has 0 bridgehead atoms. The maximum absolute atomic E-state index is 2.25. The van der Waals surface area contributed by atoms with E-state index in [1.54, 1.807) is 116 Å². The van der Waals surface area contributed by atoms with E-state index in [-0.39, 0.29) is 7.43 Å². The molecule has 7 atom stereocenters. The normalized spacial score (nSPS) is 42.3. The second-order valence-corrected chi connectivity index (χ2v) is 14.5. The molecular weight excluding hydrogens is 432 g/mol. The summed E-state index contributed by atoms with van der Waals surface area (Å²) in [5.74, 6) is 11.5. The van der Waals surface area contributed by atoms with Crippen molar-refractivity contribution in [3.05, 3.63) is 0 Å². The minimum Gasteiger partial charge on any atom is -0.0776 e. The van der Waals surface area contributed by atoms with Gasteiger partial charge in [0.25, 0.3) is 0 Å². The van der Waals surface area contributed by atoms with Gasteiger partial charge >= 0.3 is 0 Å². The van der Waals surface area contributed by atoms with E-state index in [9.17, 15) is 0 Å². The zero-order valence-electron chi connectivity index (χ0n) is 24.0. The second-order valence-electron chi connectivity index (χ2n) is 14.5. The molecule has 210 valence electrons. The van der Waals surface area contributed by atoms with Crippen LogP contribution in [0.3, 0.4) is 0 Å². The van der Waals surface area contributed by atoms with Gasteiger partial charge in [-0.05, 0) is 104 Å². The molecule has 0 amide bonds.